The molecule has 0 radical (unpaired) electrons. The molecule has 3 N–H and O–H groups in total. The number of amides is 2. The smallest absolute Gasteiger partial charge is 0.407 e. The molecule has 0 spiro atoms. The fourth-order valence-electron chi connectivity index (χ4n) is 1.86. The number of carbonyl (C=O) groups excluding carboxylic acids is 2. The molecule has 0 aliphatic carbocycles. The average molecular weight is 423 g/mol. The lowest BCUT2D eigenvalue weighted by Crippen LogP contribution is -2.51. The molecule has 0 aromatic carbocycles. The van der Waals surface area contributed by atoms with E-state index in [9.17, 15) is 24.0 Å². The largest absolute Gasteiger partial charge is 0.449 e. The highest BCUT2D eigenvalue weighted by Gasteiger charge is 2.11. The van der Waals surface area contributed by atoms with Crippen molar-refractivity contribution in [2.24, 2.45) is 0 Å². The molecule has 0 aliphatic heterocycles. The Morgan fingerprint density at radius 3 is 1.63 bits per heavy atom. The van der Waals surface area contributed by atoms with Gasteiger partial charge in [-0.2, -0.15) is 25.3 Å². The number of rotatable bonds is 10. The molecule has 14 heteroatoms. The molecule has 152 valence electrons. The molecular formula is C13H21N5O7S2. The Morgan fingerprint density at radius 1 is 0.852 bits per heavy atom. The van der Waals surface area contributed by atoms with E-state index in [4.69, 9.17) is 9.47 Å². The first-order valence-electron chi connectivity index (χ1n) is 7.87. The molecule has 1 heterocycles. The van der Waals surface area contributed by atoms with Crippen molar-refractivity contribution in [2.75, 3.05) is 37.8 Å². The number of aromatic amines is 1. The molecule has 1 aromatic rings. The number of H-pyrrole nitrogens is 1. The molecule has 0 bridgehead atoms. The molecule has 12 nitrogen and oxygen atoms in total. The van der Waals surface area contributed by atoms with E-state index in [2.05, 4.69) is 35.9 Å². The standard InChI is InChI=1S/C13H21N5O7S2/c19-9-16-10(20)18(4-2-15-12(22)25-6-8-27)13(23)17(9)3-1-14-11(21)24-5-7-26/h26-27H,1-8H2,(H,14,21)(H,15,22)(H,16,19,20). The number of nitrogens with one attached hydrogen (secondary N) is 3. The molecule has 0 saturated heterocycles. The van der Waals surface area contributed by atoms with Gasteiger partial charge in [0.05, 0.1) is 0 Å². The Bertz CT molecular complexity index is 742. The zero-order valence-electron chi connectivity index (χ0n) is 14.3. The van der Waals surface area contributed by atoms with Gasteiger partial charge in [0.25, 0.3) is 0 Å². The van der Waals surface area contributed by atoms with Gasteiger partial charge in [-0.05, 0) is 0 Å². The van der Waals surface area contributed by atoms with Crippen molar-refractivity contribution in [3.8, 4) is 0 Å². The second kappa shape index (κ2) is 12.1. The molecule has 27 heavy (non-hydrogen) atoms. The van der Waals surface area contributed by atoms with Crippen LogP contribution in [0.2, 0.25) is 0 Å². The van der Waals surface area contributed by atoms with Gasteiger partial charge in [-0.1, -0.05) is 0 Å². The van der Waals surface area contributed by atoms with Crippen LogP contribution in [0.5, 0.6) is 0 Å². The maximum atomic E-state index is 12.3. The second-order valence-electron chi connectivity index (χ2n) is 4.89. The third kappa shape index (κ3) is 7.82. The number of carbonyl (C=O) groups is 2. The van der Waals surface area contributed by atoms with Gasteiger partial charge in [-0.3, -0.25) is 4.98 Å². The molecule has 1 rings (SSSR count). The summed E-state index contributed by atoms with van der Waals surface area (Å²) < 4.78 is 10.9. The Labute approximate surface area is 164 Å². The van der Waals surface area contributed by atoms with Gasteiger partial charge in [0.1, 0.15) is 13.2 Å². The molecule has 0 atom stereocenters. The zero-order chi connectivity index (χ0) is 20.2. The Hall–Kier alpha value is -2.35. The third-order valence-corrected chi connectivity index (χ3v) is 3.39. The van der Waals surface area contributed by atoms with Crippen LogP contribution in [0.1, 0.15) is 0 Å². The van der Waals surface area contributed by atoms with E-state index in [0.29, 0.717) is 11.5 Å². The maximum absolute atomic E-state index is 12.3. The summed E-state index contributed by atoms with van der Waals surface area (Å²) in [6.07, 6.45) is -1.43. The van der Waals surface area contributed by atoms with Gasteiger partial charge in [0, 0.05) is 37.7 Å². The Morgan fingerprint density at radius 2 is 1.26 bits per heavy atom. The summed E-state index contributed by atoms with van der Waals surface area (Å²) in [7, 11) is 0. The summed E-state index contributed by atoms with van der Waals surface area (Å²) in [6, 6.07) is 0. The van der Waals surface area contributed by atoms with E-state index in [-0.39, 0.29) is 39.4 Å². The predicted octanol–water partition coefficient (Wildman–Crippen LogP) is -1.99. The lowest BCUT2D eigenvalue weighted by molar-refractivity contribution is 0.152. The zero-order valence-corrected chi connectivity index (χ0v) is 16.1. The normalized spacial score (nSPS) is 10.3. The molecule has 0 saturated carbocycles. The minimum Gasteiger partial charge on any atom is -0.449 e. The first-order valence-corrected chi connectivity index (χ1v) is 9.14. The predicted molar refractivity (Wildman–Crippen MR) is 102 cm³/mol. The maximum Gasteiger partial charge on any atom is 0.407 e. The Balaban J connectivity index is 2.70. The van der Waals surface area contributed by atoms with Crippen molar-refractivity contribution >= 4 is 37.4 Å². The molecule has 1 aromatic heterocycles. The number of alkyl carbamates (subject to hydrolysis) is 2. The highest BCUT2D eigenvalue weighted by Crippen LogP contribution is 1.82. The number of aromatic nitrogens is 3. The summed E-state index contributed by atoms with van der Waals surface area (Å²) in [5.74, 6) is 0.710. The van der Waals surface area contributed by atoms with E-state index in [1.54, 1.807) is 0 Å². The lowest BCUT2D eigenvalue weighted by Gasteiger charge is -2.10. The summed E-state index contributed by atoms with van der Waals surface area (Å²) in [6.45, 7) is -0.265. The number of thiol groups is 2. The van der Waals surface area contributed by atoms with Crippen LogP contribution in [0.25, 0.3) is 0 Å². The monoisotopic (exact) mass is 423 g/mol. The Kier molecular flexibility index (Phi) is 10.2. The summed E-state index contributed by atoms with van der Waals surface area (Å²) in [5, 5.41) is 4.71. The summed E-state index contributed by atoms with van der Waals surface area (Å²) >= 11 is 7.77. The SMILES string of the molecule is O=C(NCCn1c(=O)[nH]c(=O)n(CCNC(=O)OCCS)c1=O)OCCS. The van der Waals surface area contributed by atoms with E-state index >= 15 is 0 Å². The van der Waals surface area contributed by atoms with Gasteiger partial charge < -0.3 is 20.1 Å². The quantitative estimate of drug-likeness (QED) is 0.273. The third-order valence-electron chi connectivity index (χ3n) is 3.02. The van der Waals surface area contributed by atoms with Crippen LogP contribution >= 0.6 is 25.3 Å². The van der Waals surface area contributed by atoms with Crippen molar-refractivity contribution in [1.82, 2.24) is 24.8 Å². The number of hydrogen-bond donors (Lipinski definition) is 5. The molecule has 0 unspecified atom stereocenters. The van der Waals surface area contributed by atoms with Crippen LogP contribution in [-0.4, -0.2) is 64.1 Å². The first-order chi connectivity index (χ1) is 12.9. The second-order valence-corrected chi connectivity index (χ2v) is 5.79. The van der Waals surface area contributed by atoms with Crippen molar-refractivity contribution in [3.05, 3.63) is 31.5 Å². The molecule has 0 aliphatic rings. The number of hydrogen-bond acceptors (Lipinski definition) is 9. The first kappa shape index (κ1) is 22.7. The highest BCUT2D eigenvalue weighted by molar-refractivity contribution is 7.80. The summed E-state index contributed by atoms with van der Waals surface area (Å²) in [5.41, 5.74) is -2.69. The molecule has 2 amide bonds. The van der Waals surface area contributed by atoms with Gasteiger partial charge in [0.15, 0.2) is 0 Å². The summed E-state index contributed by atoms with van der Waals surface area (Å²) in [4.78, 5) is 60.5. The topological polar surface area (TPSA) is 154 Å². The van der Waals surface area contributed by atoms with E-state index in [0.717, 1.165) is 9.13 Å². The van der Waals surface area contributed by atoms with Crippen molar-refractivity contribution in [1.29, 1.82) is 0 Å². The van der Waals surface area contributed by atoms with Crippen molar-refractivity contribution in [2.45, 2.75) is 13.1 Å². The van der Waals surface area contributed by atoms with Gasteiger partial charge in [-0.25, -0.2) is 33.1 Å². The minimum atomic E-state index is -0.909. The fourth-order valence-corrected chi connectivity index (χ4v) is 2.04. The van der Waals surface area contributed by atoms with Crippen LogP contribution in [0.4, 0.5) is 9.59 Å². The van der Waals surface area contributed by atoms with Crippen LogP contribution in [0.3, 0.4) is 0 Å². The average Bonchev–Trinajstić information content (AvgIpc) is 2.63. The molecule has 0 fully saturated rings. The van der Waals surface area contributed by atoms with Gasteiger partial charge in [-0.15, -0.1) is 0 Å². The van der Waals surface area contributed by atoms with Crippen LogP contribution in [-0.2, 0) is 22.6 Å². The molecular weight excluding hydrogens is 402 g/mol. The van der Waals surface area contributed by atoms with Crippen LogP contribution in [0.15, 0.2) is 14.4 Å². The van der Waals surface area contributed by atoms with E-state index < -0.39 is 29.3 Å². The minimum absolute atomic E-state index is 0.0686. The number of ether oxygens (including phenoxy) is 2. The lowest BCUT2D eigenvalue weighted by atomic mass is 10.5. The van der Waals surface area contributed by atoms with Gasteiger partial charge in [0.2, 0.25) is 0 Å². The van der Waals surface area contributed by atoms with Crippen LogP contribution in [0, 0.1) is 0 Å². The van der Waals surface area contributed by atoms with E-state index in [1.807, 2.05) is 4.98 Å². The highest BCUT2D eigenvalue weighted by atomic mass is 32.1. The van der Waals surface area contributed by atoms with Crippen molar-refractivity contribution in [3.63, 3.8) is 0 Å². The fraction of sp³-hybridized carbons (Fsp3) is 0.615. The van der Waals surface area contributed by atoms with Gasteiger partial charge >= 0.3 is 29.3 Å². The van der Waals surface area contributed by atoms with E-state index in [1.165, 1.54) is 0 Å². The number of nitrogens with zero attached hydrogens (tertiary/aromatic N) is 2. The van der Waals surface area contributed by atoms with Crippen molar-refractivity contribution < 1.29 is 19.1 Å². The van der Waals surface area contributed by atoms with Crippen LogP contribution < -0.4 is 27.7 Å².